The first-order valence-electron chi connectivity index (χ1n) is 9.02. The summed E-state index contributed by atoms with van der Waals surface area (Å²) in [6.45, 7) is 10.2. The van der Waals surface area contributed by atoms with E-state index in [9.17, 15) is 4.79 Å². The SMILES string of the molecule is CCN1CCN(CCCNC(=O)C2CCCCCC2)CC1. The molecule has 1 saturated carbocycles. The number of rotatable bonds is 6. The molecule has 2 fully saturated rings. The largest absolute Gasteiger partial charge is 0.356 e. The maximum atomic E-state index is 12.2. The first-order chi connectivity index (χ1) is 10.3. The summed E-state index contributed by atoms with van der Waals surface area (Å²) in [6.07, 6.45) is 8.39. The van der Waals surface area contributed by atoms with E-state index in [2.05, 4.69) is 22.0 Å². The maximum absolute atomic E-state index is 12.2. The molecule has 4 heteroatoms. The molecule has 0 bridgehead atoms. The number of hydrogen-bond donors (Lipinski definition) is 1. The third kappa shape index (κ3) is 5.95. The van der Waals surface area contributed by atoms with Crippen molar-refractivity contribution in [3.63, 3.8) is 0 Å². The van der Waals surface area contributed by atoms with Crippen molar-refractivity contribution < 1.29 is 4.79 Å². The minimum atomic E-state index is 0.292. The van der Waals surface area contributed by atoms with Crippen LogP contribution in [0.5, 0.6) is 0 Å². The first-order valence-corrected chi connectivity index (χ1v) is 9.02. The van der Waals surface area contributed by atoms with Crippen molar-refractivity contribution in [1.29, 1.82) is 0 Å². The molecule has 1 aliphatic carbocycles. The van der Waals surface area contributed by atoms with Crippen molar-refractivity contribution in [2.75, 3.05) is 45.8 Å². The van der Waals surface area contributed by atoms with Crippen LogP contribution in [0.1, 0.15) is 51.9 Å². The second kappa shape index (κ2) is 9.42. The number of nitrogens with zero attached hydrogens (tertiary/aromatic N) is 2. The van der Waals surface area contributed by atoms with E-state index in [-0.39, 0.29) is 0 Å². The lowest BCUT2D eigenvalue weighted by Crippen LogP contribution is -2.46. The number of carbonyl (C=O) groups is 1. The molecule has 1 saturated heterocycles. The Bertz CT molecular complexity index is 292. The van der Waals surface area contributed by atoms with Crippen LogP contribution in [0.4, 0.5) is 0 Å². The van der Waals surface area contributed by atoms with E-state index in [1.54, 1.807) is 0 Å². The predicted molar refractivity (Wildman–Crippen MR) is 87.4 cm³/mol. The van der Waals surface area contributed by atoms with E-state index < -0.39 is 0 Å². The molecule has 1 amide bonds. The quantitative estimate of drug-likeness (QED) is 0.602. The second-order valence-corrected chi connectivity index (χ2v) is 6.61. The molecular formula is C17H33N3O. The van der Waals surface area contributed by atoms with E-state index in [4.69, 9.17) is 0 Å². The monoisotopic (exact) mass is 295 g/mol. The van der Waals surface area contributed by atoms with Crippen LogP contribution in [0, 0.1) is 5.92 Å². The molecule has 21 heavy (non-hydrogen) atoms. The lowest BCUT2D eigenvalue weighted by Gasteiger charge is -2.34. The molecule has 0 unspecified atom stereocenters. The fourth-order valence-corrected chi connectivity index (χ4v) is 3.53. The molecule has 1 aliphatic heterocycles. The molecule has 1 N–H and O–H groups in total. The van der Waals surface area contributed by atoms with Crippen molar-refractivity contribution in [2.45, 2.75) is 51.9 Å². The van der Waals surface area contributed by atoms with Crippen LogP contribution in [0.25, 0.3) is 0 Å². The zero-order valence-electron chi connectivity index (χ0n) is 13.8. The van der Waals surface area contributed by atoms with Gasteiger partial charge in [-0.1, -0.05) is 32.6 Å². The van der Waals surface area contributed by atoms with Crippen LogP contribution in [-0.2, 0) is 4.79 Å². The third-order valence-electron chi connectivity index (χ3n) is 5.09. The molecule has 2 aliphatic rings. The first kappa shape index (κ1) is 16.8. The van der Waals surface area contributed by atoms with E-state index in [1.807, 2.05) is 0 Å². The van der Waals surface area contributed by atoms with Crippen LogP contribution in [-0.4, -0.2) is 61.5 Å². The summed E-state index contributed by atoms with van der Waals surface area (Å²) in [6, 6.07) is 0. The van der Waals surface area contributed by atoms with E-state index in [1.165, 1.54) is 58.4 Å². The number of carbonyl (C=O) groups excluding carboxylic acids is 1. The summed E-state index contributed by atoms with van der Waals surface area (Å²) < 4.78 is 0. The number of piperazine rings is 1. The highest BCUT2D eigenvalue weighted by Gasteiger charge is 2.19. The van der Waals surface area contributed by atoms with Crippen molar-refractivity contribution in [1.82, 2.24) is 15.1 Å². The predicted octanol–water partition coefficient (Wildman–Crippen LogP) is 2.10. The highest BCUT2D eigenvalue weighted by Crippen LogP contribution is 2.22. The molecule has 0 atom stereocenters. The fraction of sp³-hybridized carbons (Fsp3) is 0.941. The van der Waals surface area contributed by atoms with Crippen molar-refractivity contribution in [3.8, 4) is 0 Å². The lowest BCUT2D eigenvalue weighted by atomic mass is 9.99. The van der Waals surface area contributed by atoms with Gasteiger partial charge >= 0.3 is 0 Å². The Balaban J connectivity index is 1.54. The van der Waals surface area contributed by atoms with Gasteiger partial charge in [-0.25, -0.2) is 0 Å². The highest BCUT2D eigenvalue weighted by molar-refractivity contribution is 5.78. The highest BCUT2D eigenvalue weighted by atomic mass is 16.1. The van der Waals surface area contributed by atoms with Gasteiger partial charge in [0.15, 0.2) is 0 Å². The van der Waals surface area contributed by atoms with Gasteiger partial charge in [0.2, 0.25) is 5.91 Å². The second-order valence-electron chi connectivity index (χ2n) is 6.61. The Morgan fingerprint density at radius 2 is 1.62 bits per heavy atom. The van der Waals surface area contributed by atoms with Crippen molar-refractivity contribution >= 4 is 5.91 Å². The summed E-state index contributed by atoms with van der Waals surface area (Å²) in [4.78, 5) is 17.2. The molecule has 0 radical (unpaired) electrons. The number of hydrogen-bond acceptors (Lipinski definition) is 3. The normalized spacial score (nSPS) is 22.9. The zero-order chi connectivity index (χ0) is 14.9. The minimum Gasteiger partial charge on any atom is -0.356 e. The van der Waals surface area contributed by atoms with Crippen LogP contribution >= 0.6 is 0 Å². The Morgan fingerprint density at radius 1 is 1.00 bits per heavy atom. The van der Waals surface area contributed by atoms with Crippen molar-refractivity contribution in [3.05, 3.63) is 0 Å². The Labute approximate surface area is 130 Å². The van der Waals surface area contributed by atoms with Crippen LogP contribution in [0.2, 0.25) is 0 Å². The van der Waals surface area contributed by atoms with Gasteiger partial charge < -0.3 is 15.1 Å². The summed E-state index contributed by atoms with van der Waals surface area (Å²) >= 11 is 0. The molecule has 0 aromatic rings. The average Bonchev–Trinajstić information content (AvgIpc) is 2.81. The molecule has 1 heterocycles. The fourth-order valence-electron chi connectivity index (χ4n) is 3.53. The summed E-state index contributed by atoms with van der Waals surface area (Å²) in [7, 11) is 0. The van der Waals surface area contributed by atoms with E-state index >= 15 is 0 Å². The Hall–Kier alpha value is -0.610. The van der Waals surface area contributed by atoms with Gasteiger partial charge in [0.1, 0.15) is 0 Å². The topological polar surface area (TPSA) is 35.6 Å². The van der Waals surface area contributed by atoms with Crippen LogP contribution < -0.4 is 5.32 Å². The molecule has 0 aromatic heterocycles. The third-order valence-corrected chi connectivity index (χ3v) is 5.09. The van der Waals surface area contributed by atoms with Gasteiger partial charge in [-0.2, -0.15) is 0 Å². The van der Waals surface area contributed by atoms with Crippen LogP contribution in [0.3, 0.4) is 0 Å². The molecule has 4 nitrogen and oxygen atoms in total. The molecule has 0 aromatic carbocycles. The van der Waals surface area contributed by atoms with Gasteiger partial charge in [-0.3, -0.25) is 4.79 Å². The van der Waals surface area contributed by atoms with Crippen molar-refractivity contribution in [2.24, 2.45) is 5.92 Å². The van der Waals surface area contributed by atoms with E-state index in [0.29, 0.717) is 11.8 Å². The van der Waals surface area contributed by atoms with Gasteiger partial charge in [0.25, 0.3) is 0 Å². The van der Waals surface area contributed by atoms with Gasteiger partial charge in [0, 0.05) is 38.6 Å². The molecule has 122 valence electrons. The summed E-state index contributed by atoms with van der Waals surface area (Å²) in [5, 5.41) is 3.16. The molecule has 2 rings (SSSR count). The van der Waals surface area contributed by atoms with Gasteiger partial charge in [-0.15, -0.1) is 0 Å². The smallest absolute Gasteiger partial charge is 0.223 e. The van der Waals surface area contributed by atoms with Gasteiger partial charge in [-0.05, 0) is 32.4 Å². The standard InChI is InChI=1S/C17H33N3O/c1-2-19-12-14-20(15-13-19)11-7-10-18-17(21)16-8-5-3-4-6-9-16/h16H,2-15H2,1H3,(H,18,21). The Morgan fingerprint density at radius 3 is 2.24 bits per heavy atom. The average molecular weight is 295 g/mol. The van der Waals surface area contributed by atoms with Crippen LogP contribution in [0.15, 0.2) is 0 Å². The number of likely N-dealkylation sites (N-methyl/N-ethyl adjacent to an activating group) is 1. The lowest BCUT2D eigenvalue weighted by molar-refractivity contribution is -0.125. The zero-order valence-corrected chi connectivity index (χ0v) is 13.8. The number of nitrogens with one attached hydrogen (secondary N) is 1. The van der Waals surface area contributed by atoms with Gasteiger partial charge in [0.05, 0.1) is 0 Å². The number of amides is 1. The van der Waals surface area contributed by atoms with E-state index in [0.717, 1.165) is 32.4 Å². The maximum Gasteiger partial charge on any atom is 0.223 e. The molecular weight excluding hydrogens is 262 g/mol. The minimum absolute atomic E-state index is 0.292. The Kier molecular flexibility index (Phi) is 7.51. The molecule has 0 spiro atoms. The summed E-state index contributed by atoms with van der Waals surface area (Å²) in [5.74, 6) is 0.605. The summed E-state index contributed by atoms with van der Waals surface area (Å²) in [5.41, 5.74) is 0.